The molecule has 0 aliphatic heterocycles. The number of allylic oxidation sites excluding steroid dienone is 1. The fourth-order valence-corrected chi connectivity index (χ4v) is 1.77. The normalized spacial score (nSPS) is 9.58. The average molecular weight is 338 g/mol. The van der Waals surface area contributed by atoms with E-state index in [0.717, 1.165) is 38.3 Å². The van der Waals surface area contributed by atoms with E-state index >= 15 is 0 Å². The number of aliphatic carboxylic acids is 2. The van der Waals surface area contributed by atoms with Gasteiger partial charge in [0.25, 0.3) is 0 Å². The second kappa shape index (κ2) is 13.1. The first-order valence-corrected chi connectivity index (χ1v) is 7.62. The summed E-state index contributed by atoms with van der Waals surface area (Å²) in [5, 5.41) is 18.0. The van der Waals surface area contributed by atoms with Gasteiger partial charge in [-0.15, -0.1) is 6.58 Å². The van der Waals surface area contributed by atoms with Gasteiger partial charge in [-0.1, -0.05) is 23.8 Å². The van der Waals surface area contributed by atoms with E-state index in [9.17, 15) is 0 Å². The molecule has 24 heavy (non-hydrogen) atoms. The molecule has 0 aromatic heterocycles. The van der Waals surface area contributed by atoms with Gasteiger partial charge >= 0.3 is 11.9 Å². The molecule has 0 spiro atoms. The molecule has 0 radical (unpaired) electrons. The lowest BCUT2D eigenvalue weighted by Crippen LogP contribution is -2.24. The lowest BCUT2D eigenvalue weighted by molar-refractivity contribution is -0.159. The number of nitrogens with two attached hydrogens (primary N) is 1. The van der Waals surface area contributed by atoms with Crippen LogP contribution in [0.15, 0.2) is 30.9 Å². The SMILES string of the molecule is C=CCc1cc(C)ccc1OCCCNCCN.O=C(O)C(=O)O. The zero-order chi connectivity index (χ0) is 18.4. The van der Waals surface area contributed by atoms with Crippen LogP contribution in [0.4, 0.5) is 0 Å². The molecule has 0 aliphatic rings. The molecular formula is C17H26N2O5. The van der Waals surface area contributed by atoms with Crippen molar-refractivity contribution in [3.63, 3.8) is 0 Å². The summed E-state index contributed by atoms with van der Waals surface area (Å²) in [5.74, 6) is -2.68. The van der Waals surface area contributed by atoms with Gasteiger partial charge < -0.3 is 26.0 Å². The second-order valence-electron chi connectivity index (χ2n) is 4.95. The van der Waals surface area contributed by atoms with Crippen molar-refractivity contribution in [1.82, 2.24) is 5.32 Å². The van der Waals surface area contributed by atoms with Gasteiger partial charge in [0.2, 0.25) is 0 Å². The highest BCUT2D eigenvalue weighted by molar-refractivity contribution is 6.27. The molecule has 134 valence electrons. The van der Waals surface area contributed by atoms with Gasteiger partial charge in [0, 0.05) is 13.1 Å². The lowest BCUT2D eigenvalue weighted by Gasteiger charge is -2.11. The number of carbonyl (C=O) groups is 2. The largest absolute Gasteiger partial charge is 0.493 e. The standard InChI is InChI=1S/C15H24N2O.C2H2O4/c1-3-5-14-12-13(2)6-7-15(14)18-11-4-9-17-10-8-16;3-1(4)2(5)6/h3,6-7,12,17H,1,4-5,8-11,16H2,2H3;(H,3,4)(H,5,6). The predicted octanol–water partition coefficient (Wildman–Crippen LogP) is 1.20. The molecule has 1 aromatic carbocycles. The third-order valence-electron chi connectivity index (χ3n) is 2.84. The number of benzene rings is 1. The van der Waals surface area contributed by atoms with Crippen LogP contribution < -0.4 is 15.8 Å². The fraction of sp³-hybridized carbons (Fsp3) is 0.412. The third kappa shape index (κ3) is 10.4. The molecule has 0 saturated heterocycles. The minimum Gasteiger partial charge on any atom is -0.493 e. The Labute approximate surface area is 142 Å². The zero-order valence-electron chi connectivity index (χ0n) is 14.0. The van der Waals surface area contributed by atoms with Crippen LogP contribution in [0.3, 0.4) is 0 Å². The highest BCUT2D eigenvalue weighted by atomic mass is 16.5. The summed E-state index contributed by atoms with van der Waals surface area (Å²) < 4.78 is 5.81. The Balaban J connectivity index is 0.000000754. The summed E-state index contributed by atoms with van der Waals surface area (Å²) in [7, 11) is 0. The summed E-state index contributed by atoms with van der Waals surface area (Å²) in [5.41, 5.74) is 7.86. The van der Waals surface area contributed by atoms with E-state index in [-0.39, 0.29) is 0 Å². The molecule has 5 N–H and O–H groups in total. The van der Waals surface area contributed by atoms with E-state index in [2.05, 4.69) is 31.0 Å². The van der Waals surface area contributed by atoms with Gasteiger partial charge in [0.15, 0.2) is 0 Å². The van der Waals surface area contributed by atoms with Crippen molar-refractivity contribution >= 4 is 11.9 Å². The summed E-state index contributed by atoms with van der Waals surface area (Å²) in [6.07, 6.45) is 3.74. The number of carboxylic acid groups (broad SMARTS) is 2. The van der Waals surface area contributed by atoms with Crippen LogP contribution in [-0.2, 0) is 16.0 Å². The number of nitrogens with one attached hydrogen (secondary N) is 1. The van der Waals surface area contributed by atoms with Crippen LogP contribution in [0.25, 0.3) is 0 Å². The predicted molar refractivity (Wildman–Crippen MR) is 92.4 cm³/mol. The second-order valence-corrected chi connectivity index (χ2v) is 4.95. The molecule has 0 fully saturated rings. The van der Waals surface area contributed by atoms with Crippen molar-refractivity contribution in [3.8, 4) is 5.75 Å². The van der Waals surface area contributed by atoms with E-state index < -0.39 is 11.9 Å². The number of hydrogen-bond donors (Lipinski definition) is 4. The van der Waals surface area contributed by atoms with Gasteiger partial charge in [-0.3, -0.25) is 0 Å². The van der Waals surface area contributed by atoms with Gasteiger partial charge in [-0.2, -0.15) is 0 Å². The molecule has 0 atom stereocenters. The Bertz CT molecular complexity index is 520. The monoisotopic (exact) mass is 338 g/mol. The molecule has 0 heterocycles. The molecule has 7 heteroatoms. The molecule has 1 aromatic rings. The first kappa shape index (κ1) is 21.6. The Morgan fingerprint density at radius 2 is 1.96 bits per heavy atom. The summed E-state index contributed by atoms with van der Waals surface area (Å²) >= 11 is 0. The number of rotatable bonds is 9. The van der Waals surface area contributed by atoms with E-state index in [1.807, 2.05) is 12.1 Å². The molecule has 0 amide bonds. The maximum absolute atomic E-state index is 9.10. The topological polar surface area (TPSA) is 122 Å². The zero-order valence-corrected chi connectivity index (χ0v) is 14.0. The van der Waals surface area contributed by atoms with Gasteiger partial charge in [0.1, 0.15) is 5.75 Å². The molecule has 1 rings (SSSR count). The van der Waals surface area contributed by atoms with Crippen molar-refractivity contribution in [2.45, 2.75) is 19.8 Å². The van der Waals surface area contributed by atoms with Crippen molar-refractivity contribution in [3.05, 3.63) is 42.0 Å². The number of hydrogen-bond acceptors (Lipinski definition) is 5. The highest BCUT2D eigenvalue weighted by Crippen LogP contribution is 2.21. The maximum atomic E-state index is 9.10. The minimum absolute atomic E-state index is 0.683. The van der Waals surface area contributed by atoms with E-state index in [0.29, 0.717) is 6.54 Å². The molecule has 0 saturated carbocycles. The molecule has 7 nitrogen and oxygen atoms in total. The Morgan fingerprint density at radius 1 is 1.29 bits per heavy atom. The number of ether oxygens (including phenoxy) is 1. The molecule has 0 aliphatic carbocycles. The molecule has 0 unspecified atom stereocenters. The summed E-state index contributed by atoms with van der Waals surface area (Å²) in [6, 6.07) is 6.28. The number of carboxylic acids is 2. The van der Waals surface area contributed by atoms with Gasteiger partial charge in [-0.25, -0.2) is 9.59 Å². The minimum atomic E-state index is -1.82. The Morgan fingerprint density at radius 3 is 2.50 bits per heavy atom. The first-order valence-electron chi connectivity index (χ1n) is 7.62. The van der Waals surface area contributed by atoms with E-state index in [1.54, 1.807) is 0 Å². The fourth-order valence-electron chi connectivity index (χ4n) is 1.77. The Kier molecular flexibility index (Phi) is 11.8. The van der Waals surface area contributed by atoms with E-state index in [1.165, 1.54) is 11.1 Å². The van der Waals surface area contributed by atoms with Gasteiger partial charge in [-0.05, 0) is 37.9 Å². The van der Waals surface area contributed by atoms with E-state index in [4.69, 9.17) is 30.3 Å². The first-order chi connectivity index (χ1) is 11.4. The van der Waals surface area contributed by atoms with Crippen molar-refractivity contribution < 1.29 is 24.5 Å². The molecular weight excluding hydrogens is 312 g/mol. The number of aryl methyl sites for hydroxylation is 1. The van der Waals surface area contributed by atoms with Crippen molar-refractivity contribution in [2.75, 3.05) is 26.2 Å². The van der Waals surface area contributed by atoms with Crippen LogP contribution in [0.2, 0.25) is 0 Å². The van der Waals surface area contributed by atoms with Crippen molar-refractivity contribution in [2.24, 2.45) is 5.73 Å². The Hall–Kier alpha value is -2.38. The quantitative estimate of drug-likeness (QED) is 0.303. The van der Waals surface area contributed by atoms with Crippen molar-refractivity contribution in [1.29, 1.82) is 0 Å². The molecule has 0 bridgehead atoms. The third-order valence-corrected chi connectivity index (χ3v) is 2.84. The average Bonchev–Trinajstić information content (AvgIpc) is 2.53. The van der Waals surface area contributed by atoms with Crippen LogP contribution in [-0.4, -0.2) is 48.4 Å². The smallest absolute Gasteiger partial charge is 0.414 e. The summed E-state index contributed by atoms with van der Waals surface area (Å²) in [4.78, 5) is 18.2. The van der Waals surface area contributed by atoms with Crippen LogP contribution in [0, 0.1) is 6.92 Å². The maximum Gasteiger partial charge on any atom is 0.414 e. The van der Waals surface area contributed by atoms with Crippen LogP contribution >= 0.6 is 0 Å². The highest BCUT2D eigenvalue weighted by Gasteiger charge is 2.04. The van der Waals surface area contributed by atoms with Crippen LogP contribution in [0.1, 0.15) is 17.5 Å². The lowest BCUT2D eigenvalue weighted by atomic mass is 10.1. The summed E-state index contributed by atoms with van der Waals surface area (Å²) in [6.45, 7) is 9.09. The van der Waals surface area contributed by atoms with Gasteiger partial charge in [0.05, 0.1) is 6.61 Å². The van der Waals surface area contributed by atoms with Crippen LogP contribution in [0.5, 0.6) is 5.75 Å².